The van der Waals surface area contributed by atoms with Gasteiger partial charge in [-0.2, -0.15) is 0 Å². The van der Waals surface area contributed by atoms with Crippen LogP contribution in [0.3, 0.4) is 0 Å². The van der Waals surface area contributed by atoms with E-state index in [0.29, 0.717) is 19.1 Å². The van der Waals surface area contributed by atoms with Crippen molar-refractivity contribution >= 4 is 29.9 Å². The molecule has 2 aliphatic rings. The van der Waals surface area contributed by atoms with Gasteiger partial charge in [-0.25, -0.2) is 0 Å². The van der Waals surface area contributed by atoms with E-state index in [-0.39, 0.29) is 30.1 Å². The summed E-state index contributed by atoms with van der Waals surface area (Å²) in [6, 6.07) is 8.72. The summed E-state index contributed by atoms with van der Waals surface area (Å²) in [5, 5.41) is 3.45. The summed E-state index contributed by atoms with van der Waals surface area (Å²) in [5.41, 5.74) is 2.84. The average molecular weight is 546 g/mol. The predicted octanol–water partition coefficient (Wildman–Crippen LogP) is 4.04. The second kappa shape index (κ2) is 15.0. The minimum Gasteiger partial charge on any atom is -0.382 e. The maximum Gasteiger partial charge on any atom is 0.193 e. The van der Waals surface area contributed by atoms with E-state index >= 15 is 0 Å². The van der Waals surface area contributed by atoms with Gasteiger partial charge in [0.05, 0.1) is 25.9 Å². The Morgan fingerprint density at radius 2 is 2.06 bits per heavy atom. The summed E-state index contributed by atoms with van der Waals surface area (Å²) in [7, 11) is 1.71. The Hall–Kier alpha value is -0.900. The van der Waals surface area contributed by atoms with Crippen molar-refractivity contribution in [2.45, 2.75) is 45.1 Å². The zero-order valence-electron chi connectivity index (χ0n) is 19.2. The third-order valence-electron chi connectivity index (χ3n) is 5.90. The molecule has 0 spiro atoms. The Kier molecular flexibility index (Phi) is 12.8. The highest BCUT2D eigenvalue weighted by Gasteiger charge is 2.25. The number of benzene rings is 1. The van der Waals surface area contributed by atoms with Crippen molar-refractivity contribution in [2.75, 3.05) is 59.7 Å². The van der Waals surface area contributed by atoms with Crippen molar-refractivity contribution in [1.29, 1.82) is 0 Å². The summed E-state index contributed by atoms with van der Waals surface area (Å²) in [5.74, 6) is 1.60. The van der Waals surface area contributed by atoms with E-state index < -0.39 is 0 Å². The molecule has 0 radical (unpaired) electrons. The topological polar surface area (TPSA) is 55.3 Å². The highest BCUT2D eigenvalue weighted by Crippen LogP contribution is 2.32. The van der Waals surface area contributed by atoms with Gasteiger partial charge in [0.15, 0.2) is 5.96 Å². The number of guanidine groups is 1. The third kappa shape index (κ3) is 8.51. The molecule has 0 saturated carbocycles. The number of aliphatic imine (C=N–C) groups is 1. The molecule has 2 unspecified atom stereocenters. The quantitative estimate of drug-likeness (QED) is 0.197. The fraction of sp³-hybridized carbons (Fsp3) is 0.708. The van der Waals surface area contributed by atoms with Gasteiger partial charge in [-0.3, -0.25) is 4.99 Å². The van der Waals surface area contributed by atoms with Gasteiger partial charge in [-0.1, -0.05) is 24.3 Å². The molecule has 7 heteroatoms. The maximum atomic E-state index is 6.23. The smallest absolute Gasteiger partial charge is 0.193 e. The maximum absolute atomic E-state index is 6.23. The summed E-state index contributed by atoms with van der Waals surface area (Å²) >= 11 is 0. The van der Waals surface area contributed by atoms with Gasteiger partial charge in [0.25, 0.3) is 0 Å². The van der Waals surface area contributed by atoms with E-state index in [1.165, 1.54) is 24.0 Å². The van der Waals surface area contributed by atoms with Crippen LogP contribution >= 0.6 is 24.0 Å². The number of nitrogens with one attached hydrogen (secondary N) is 1. The van der Waals surface area contributed by atoms with Crippen LogP contribution in [0.25, 0.3) is 0 Å². The molecule has 1 aromatic carbocycles. The van der Waals surface area contributed by atoms with Gasteiger partial charge in [-0.05, 0) is 50.2 Å². The molecular formula is C24H40IN3O3. The van der Waals surface area contributed by atoms with Gasteiger partial charge in [0, 0.05) is 45.8 Å². The number of halogens is 1. The van der Waals surface area contributed by atoms with Crippen LogP contribution in [0, 0.1) is 5.92 Å². The number of fused-ring (bicyclic) bond motifs is 1. The first-order valence-corrected chi connectivity index (χ1v) is 11.6. The lowest BCUT2D eigenvalue weighted by atomic mass is 9.89. The van der Waals surface area contributed by atoms with Gasteiger partial charge in [0.1, 0.15) is 0 Å². The number of ether oxygens (including phenoxy) is 3. The number of aryl methyl sites for hydroxylation is 1. The summed E-state index contributed by atoms with van der Waals surface area (Å²) in [4.78, 5) is 7.22. The largest absolute Gasteiger partial charge is 0.382 e. The van der Waals surface area contributed by atoms with Crippen LogP contribution in [0.15, 0.2) is 29.3 Å². The molecule has 1 fully saturated rings. The Balaban J connectivity index is 0.00000341. The van der Waals surface area contributed by atoms with Crippen molar-refractivity contribution in [1.82, 2.24) is 10.2 Å². The van der Waals surface area contributed by atoms with Crippen LogP contribution in [0.4, 0.5) is 0 Å². The molecule has 1 aliphatic carbocycles. The molecule has 1 heterocycles. The van der Waals surface area contributed by atoms with Crippen LogP contribution in [-0.2, 0) is 20.6 Å². The first kappa shape index (κ1) is 26.4. The fourth-order valence-electron chi connectivity index (χ4n) is 4.34. The lowest BCUT2D eigenvalue weighted by Gasteiger charge is -2.25. The normalized spacial score (nSPS) is 21.0. The van der Waals surface area contributed by atoms with Crippen LogP contribution in [0.2, 0.25) is 0 Å². The first-order chi connectivity index (χ1) is 14.8. The van der Waals surface area contributed by atoms with Crippen molar-refractivity contribution in [3.8, 4) is 0 Å². The summed E-state index contributed by atoms with van der Waals surface area (Å²) < 4.78 is 17.0. The molecule has 2 atom stereocenters. The third-order valence-corrected chi connectivity index (χ3v) is 5.90. The molecule has 1 saturated heterocycles. The molecule has 3 rings (SSSR count). The fourth-order valence-corrected chi connectivity index (χ4v) is 4.34. The zero-order chi connectivity index (χ0) is 21.0. The number of likely N-dealkylation sites (tertiary alicyclic amines) is 1. The van der Waals surface area contributed by atoms with Crippen molar-refractivity contribution in [2.24, 2.45) is 10.9 Å². The van der Waals surface area contributed by atoms with Crippen LogP contribution < -0.4 is 5.32 Å². The number of rotatable bonds is 11. The van der Waals surface area contributed by atoms with Gasteiger partial charge >= 0.3 is 0 Å². The van der Waals surface area contributed by atoms with Gasteiger partial charge in [-0.15, -0.1) is 24.0 Å². The van der Waals surface area contributed by atoms with Crippen LogP contribution in [-0.4, -0.2) is 70.6 Å². The van der Waals surface area contributed by atoms with Gasteiger partial charge < -0.3 is 24.4 Å². The second-order valence-electron chi connectivity index (χ2n) is 8.21. The van der Waals surface area contributed by atoms with E-state index in [9.17, 15) is 0 Å². The van der Waals surface area contributed by atoms with E-state index in [0.717, 1.165) is 64.6 Å². The average Bonchev–Trinajstić information content (AvgIpc) is 3.25. The molecule has 1 N–H and O–H groups in total. The molecule has 31 heavy (non-hydrogen) atoms. The lowest BCUT2D eigenvalue weighted by Crippen LogP contribution is -2.40. The number of methoxy groups -OCH3 is 1. The standard InChI is InChI=1S/C24H39N3O3.HI/c1-3-25-24(27-14-12-20(18-27)19-29-17-16-28-2)26-13-7-15-30-23-11-6-9-21-8-4-5-10-22(21)23;/h4-5,8,10,20,23H,3,6-7,9,11-19H2,1-2H3,(H,25,26);1H. The van der Waals surface area contributed by atoms with Crippen molar-refractivity contribution in [3.63, 3.8) is 0 Å². The summed E-state index contributed by atoms with van der Waals surface area (Å²) in [6.45, 7) is 8.76. The molecule has 6 nitrogen and oxygen atoms in total. The number of hydrogen-bond acceptors (Lipinski definition) is 4. The van der Waals surface area contributed by atoms with Gasteiger partial charge in [0.2, 0.25) is 0 Å². The van der Waals surface area contributed by atoms with E-state index in [2.05, 4.69) is 41.4 Å². The molecular weight excluding hydrogens is 505 g/mol. The molecule has 176 valence electrons. The van der Waals surface area contributed by atoms with E-state index in [1.54, 1.807) is 7.11 Å². The number of hydrogen-bond donors (Lipinski definition) is 1. The molecule has 0 amide bonds. The molecule has 0 bridgehead atoms. The SMILES string of the molecule is CCNC(=NCCCOC1CCCc2ccccc21)N1CCC(COCCOC)C1.I. The predicted molar refractivity (Wildman–Crippen MR) is 136 cm³/mol. The Morgan fingerprint density at radius 1 is 1.19 bits per heavy atom. The Labute approximate surface area is 205 Å². The second-order valence-corrected chi connectivity index (χ2v) is 8.21. The zero-order valence-corrected chi connectivity index (χ0v) is 21.5. The monoisotopic (exact) mass is 545 g/mol. The van der Waals surface area contributed by atoms with Crippen molar-refractivity contribution in [3.05, 3.63) is 35.4 Å². The number of nitrogens with zero attached hydrogens (tertiary/aromatic N) is 2. The first-order valence-electron chi connectivity index (χ1n) is 11.6. The Morgan fingerprint density at radius 3 is 2.90 bits per heavy atom. The van der Waals surface area contributed by atoms with E-state index in [4.69, 9.17) is 19.2 Å². The molecule has 1 aromatic rings. The Bertz CT molecular complexity index is 659. The minimum atomic E-state index is 0. The van der Waals surface area contributed by atoms with Crippen LogP contribution in [0.5, 0.6) is 0 Å². The molecule has 1 aliphatic heterocycles. The summed E-state index contributed by atoms with van der Waals surface area (Å²) in [6.07, 6.45) is 5.89. The van der Waals surface area contributed by atoms with Crippen molar-refractivity contribution < 1.29 is 14.2 Å². The molecule has 0 aromatic heterocycles. The van der Waals surface area contributed by atoms with E-state index in [1.807, 2.05) is 0 Å². The van der Waals surface area contributed by atoms with Crippen LogP contribution in [0.1, 0.15) is 49.8 Å². The highest BCUT2D eigenvalue weighted by atomic mass is 127. The lowest BCUT2D eigenvalue weighted by molar-refractivity contribution is 0.0402. The highest BCUT2D eigenvalue weighted by molar-refractivity contribution is 14.0. The minimum absolute atomic E-state index is 0.